The summed E-state index contributed by atoms with van der Waals surface area (Å²) in [5.41, 5.74) is -1.48. The van der Waals surface area contributed by atoms with Gasteiger partial charge < -0.3 is 10.4 Å². The number of pyridine rings is 2. The number of hydrogen-bond acceptors (Lipinski definition) is 5. The van der Waals surface area contributed by atoms with E-state index >= 15 is 0 Å². The van der Waals surface area contributed by atoms with Crippen molar-refractivity contribution in [2.75, 3.05) is 5.84 Å². The normalized spacial score (nSPS) is 11.4. The molecule has 0 amide bonds. The first-order chi connectivity index (χ1) is 8.09. The van der Waals surface area contributed by atoms with Crippen LogP contribution in [-0.4, -0.2) is 14.8 Å². The number of halogens is 1. The number of aromatic amines is 1. The van der Waals surface area contributed by atoms with Crippen LogP contribution in [0, 0.1) is 5.82 Å². The molecule has 0 spiro atoms. The average molecular weight is 236 g/mol. The highest BCUT2D eigenvalue weighted by Crippen LogP contribution is 2.12. The number of nitrogens with one attached hydrogen (secondary N) is 1. The summed E-state index contributed by atoms with van der Waals surface area (Å²) in [5.74, 6) is 4.94. The molecular weight excluding hydrogens is 231 g/mol. The third-order valence-electron chi connectivity index (χ3n) is 2.43. The average Bonchev–Trinajstić information content (AvgIpc) is 2.68. The topological polar surface area (TPSA) is 107 Å². The van der Waals surface area contributed by atoms with Crippen molar-refractivity contribution in [1.82, 2.24) is 14.8 Å². The maximum Gasteiger partial charge on any atom is 0.293 e. The van der Waals surface area contributed by atoms with Crippen LogP contribution in [0.1, 0.15) is 0 Å². The van der Waals surface area contributed by atoms with E-state index in [4.69, 9.17) is 10.4 Å². The number of nitrogens with zero attached hydrogens (tertiary/aromatic N) is 2. The molecule has 0 saturated carbocycles. The Morgan fingerprint density at radius 2 is 2.24 bits per heavy atom. The van der Waals surface area contributed by atoms with Gasteiger partial charge in [-0.15, -0.1) is 0 Å². The first-order valence-electron chi connectivity index (χ1n) is 4.56. The van der Waals surface area contributed by atoms with Crippen LogP contribution in [0.2, 0.25) is 0 Å². The molecule has 3 heterocycles. The van der Waals surface area contributed by atoms with Crippen molar-refractivity contribution in [2.24, 2.45) is 0 Å². The van der Waals surface area contributed by atoms with Gasteiger partial charge in [0.25, 0.3) is 11.3 Å². The summed E-state index contributed by atoms with van der Waals surface area (Å²) in [6, 6.07) is 0.972. The van der Waals surface area contributed by atoms with Crippen LogP contribution < -0.4 is 16.8 Å². The summed E-state index contributed by atoms with van der Waals surface area (Å²) in [6.07, 6.45) is 0.918. The zero-order valence-electron chi connectivity index (χ0n) is 8.23. The van der Waals surface area contributed by atoms with E-state index in [1.54, 1.807) is 0 Å². The van der Waals surface area contributed by atoms with Gasteiger partial charge in [-0.1, -0.05) is 0 Å². The molecule has 3 aromatic heterocycles. The minimum Gasteiger partial charge on any atom is -0.358 e. The Morgan fingerprint density at radius 1 is 1.47 bits per heavy atom. The standard InChI is InChI=1S/C9H5FN4O3/c10-3-1-4-6(15)5-8(16)13-17-9(5)14(11)7(4)12-2-3/h1-2H,11H2,(H,13,16). The number of fused-ring (bicyclic) bond motifs is 2. The largest absolute Gasteiger partial charge is 0.358 e. The van der Waals surface area contributed by atoms with Crippen LogP contribution in [0.15, 0.2) is 26.4 Å². The van der Waals surface area contributed by atoms with Crippen LogP contribution in [0.5, 0.6) is 0 Å². The van der Waals surface area contributed by atoms with E-state index in [1.807, 2.05) is 5.16 Å². The number of rotatable bonds is 0. The van der Waals surface area contributed by atoms with Gasteiger partial charge >= 0.3 is 0 Å². The molecule has 8 heteroatoms. The summed E-state index contributed by atoms with van der Waals surface area (Å²) >= 11 is 0. The van der Waals surface area contributed by atoms with E-state index in [2.05, 4.69) is 4.98 Å². The molecule has 3 rings (SSSR count). The predicted octanol–water partition coefficient (Wildman–Crippen LogP) is -0.316. The van der Waals surface area contributed by atoms with Crippen molar-refractivity contribution in [3.63, 3.8) is 0 Å². The lowest BCUT2D eigenvalue weighted by atomic mass is 10.2. The van der Waals surface area contributed by atoms with E-state index in [1.165, 1.54) is 0 Å². The Labute approximate surface area is 91.2 Å². The first kappa shape index (κ1) is 9.58. The van der Waals surface area contributed by atoms with Gasteiger partial charge in [-0.05, 0) is 6.07 Å². The zero-order chi connectivity index (χ0) is 12.2. The number of aromatic nitrogens is 3. The molecule has 0 radical (unpaired) electrons. The second-order valence-corrected chi connectivity index (χ2v) is 3.44. The molecule has 0 fully saturated rings. The number of hydrogen-bond donors (Lipinski definition) is 2. The minimum atomic E-state index is -0.713. The molecular formula is C9H5FN4O3. The lowest BCUT2D eigenvalue weighted by Gasteiger charge is -2.03. The Morgan fingerprint density at radius 3 is 3.00 bits per heavy atom. The molecule has 0 unspecified atom stereocenters. The highest BCUT2D eigenvalue weighted by Gasteiger charge is 2.16. The molecule has 3 aromatic rings. The molecule has 0 aliphatic heterocycles. The lowest BCUT2D eigenvalue weighted by Crippen LogP contribution is -2.20. The SMILES string of the molecule is Nn1c2ncc(F)cc2c(=O)c2c(=O)[nH]oc21. The lowest BCUT2D eigenvalue weighted by molar-refractivity contribution is 0.435. The zero-order valence-corrected chi connectivity index (χ0v) is 8.23. The van der Waals surface area contributed by atoms with Crippen molar-refractivity contribution in [3.8, 4) is 0 Å². The summed E-state index contributed by atoms with van der Waals surface area (Å²) < 4.78 is 18.7. The molecule has 0 aliphatic rings. The molecule has 0 saturated heterocycles. The van der Waals surface area contributed by atoms with E-state index in [9.17, 15) is 14.0 Å². The van der Waals surface area contributed by atoms with E-state index in [-0.39, 0.29) is 22.1 Å². The van der Waals surface area contributed by atoms with E-state index in [0.29, 0.717) is 0 Å². The maximum absolute atomic E-state index is 13.0. The van der Waals surface area contributed by atoms with Crippen molar-refractivity contribution in [1.29, 1.82) is 0 Å². The Balaban J connectivity index is 2.76. The summed E-state index contributed by atoms with van der Waals surface area (Å²) in [6.45, 7) is 0. The van der Waals surface area contributed by atoms with E-state index < -0.39 is 16.8 Å². The molecule has 3 N–H and O–H groups in total. The van der Waals surface area contributed by atoms with Crippen molar-refractivity contribution in [3.05, 3.63) is 38.7 Å². The smallest absolute Gasteiger partial charge is 0.293 e. The van der Waals surface area contributed by atoms with Crippen molar-refractivity contribution in [2.45, 2.75) is 0 Å². The molecule has 0 bridgehead atoms. The highest BCUT2D eigenvalue weighted by molar-refractivity contribution is 5.88. The van der Waals surface area contributed by atoms with Crippen LogP contribution in [-0.2, 0) is 0 Å². The second-order valence-electron chi connectivity index (χ2n) is 3.44. The molecule has 0 aliphatic carbocycles. The van der Waals surface area contributed by atoms with Gasteiger partial charge in [-0.25, -0.2) is 14.1 Å². The predicted molar refractivity (Wildman–Crippen MR) is 56.5 cm³/mol. The van der Waals surface area contributed by atoms with Crippen LogP contribution >= 0.6 is 0 Å². The Hall–Kier alpha value is -2.64. The third kappa shape index (κ3) is 1.11. The van der Waals surface area contributed by atoms with Gasteiger partial charge in [-0.3, -0.25) is 9.59 Å². The molecule has 7 nitrogen and oxygen atoms in total. The highest BCUT2D eigenvalue weighted by atomic mass is 19.1. The van der Waals surface area contributed by atoms with Gasteiger partial charge in [0.05, 0.1) is 11.6 Å². The third-order valence-corrected chi connectivity index (χ3v) is 2.43. The molecule has 86 valence electrons. The molecule has 0 aromatic carbocycles. The number of H-pyrrole nitrogens is 1. The minimum absolute atomic E-state index is 0.0339. The Kier molecular flexibility index (Phi) is 1.65. The van der Waals surface area contributed by atoms with Crippen molar-refractivity contribution < 1.29 is 8.91 Å². The van der Waals surface area contributed by atoms with Gasteiger partial charge in [0.2, 0.25) is 5.43 Å². The van der Waals surface area contributed by atoms with Crippen molar-refractivity contribution >= 4 is 22.1 Å². The van der Waals surface area contributed by atoms with Crippen LogP contribution in [0.4, 0.5) is 4.39 Å². The van der Waals surface area contributed by atoms with Gasteiger partial charge in [-0.2, -0.15) is 5.16 Å². The van der Waals surface area contributed by atoms with Crippen LogP contribution in [0.25, 0.3) is 22.1 Å². The summed E-state index contributed by atoms with van der Waals surface area (Å²) in [7, 11) is 0. The van der Waals surface area contributed by atoms with Gasteiger partial charge in [0.15, 0.2) is 11.0 Å². The molecule has 17 heavy (non-hydrogen) atoms. The second kappa shape index (κ2) is 2.94. The fraction of sp³-hybridized carbons (Fsp3) is 0. The van der Waals surface area contributed by atoms with Gasteiger partial charge in [0, 0.05) is 0 Å². The van der Waals surface area contributed by atoms with Crippen LogP contribution in [0.3, 0.4) is 0 Å². The first-order valence-corrected chi connectivity index (χ1v) is 4.56. The number of nitrogen functional groups attached to an aromatic ring is 1. The number of nitrogens with two attached hydrogens (primary N) is 1. The fourth-order valence-corrected chi connectivity index (χ4v) is 1.69. The maximum atomic E-state index is 13.0. The Bertz CT molecular complexity index is 860. The quantitative estimate of drug-likeness (QED) is 0.520. The van der Waals surface area contributed by atoms with E-state index in [0.717, 1.165) is 16.9 Å². The molecule has 0 atom stereocenters. The monoisotopic (exact) mass is 236 g/mol. The summed E-state index contributed by atoms with van der Waals surface area (Å²) in [5, 5.41) is 1.66. The fourth-order valence-electron chi connectivity index (χ4n) is 1.69. The van der Waals surface area contributed by atoms with Gasteiger partial charge in [0.1, 0.15) is 5.82 Å². The summed E-state index contributed by atoms with van der Waals surface area (Å²) in [4.78, 5) is 27.0.